The van der Waals surface area contributed by atoms with Gasteiger partial charge in [-0.15, -0.1) is 0 Å². The smallest absolute Gasteiger partial charge is 0.243 e. The Morgan fingerprint density at radius 2 is 2.20 bits per heavy atom. The molecule has 20 heavy (non-hydrogen) atoms. The van der Waals surface area contributed by atoms with Crippen LogP contribution in [0.1, 0.15) is 0 Å². The number of hydrogen-bond donors (Lipinski definition) is 2. The highest BCUT2D eigenvalue weighted by atomic mass is 32.2. The Morgan fingerprint density at radius 1 is 1.45 bits per heavy atom. The molecular formula is C12H14N4O3S. The van der Waals surface area contributed by atoms with Crippen molar-refractivity contribution in [2.24, 2.45) is 10.9 Å². The number of amidine groups is 1. The van der Waals surface area contributed by atoms with Crippen LogP contribution in [-0.2, 0) is 10.0 Å². The molecule has 1 aromatic carbocycles. The van der Waals surface area contributed by atoms with Crippen molar-refractivity contribution in [3.05, 3.63) is 36.7 Å². The zero-order valence-electron chi connectivity index (χ0n) is 10.8. The average molecular weight is 294 g/mol. The summed E-state index contributed by atoms with van der Waals surface area (Å²) in [5, 5.41) is 12.6. The van der Waals surface area contributed by atoms with Crippen molar-refractivity contribution in [3.63, 3.8) is 0 Å². The van der Waals surface area contributed by atoms with Gasteiger partial charge >= 0.3 is 0 Å². The highest BCUT2D eigenvalue weighted by Gasteiger charge is 2.23. The highest BCUT2D eigenvalue weighted by Crippen LogP contribution is 2.24. The lowest BCUT2D eigenvalue weighted by Gasteiger charge is -2.17. The summed E-state index contributed by atoms with van der Waals surface area (Å²) < 4.78 is 26.0. The van der Waals surface area contributed by atoms with Gasteiger partial charge in [-0.3, -0.25) is 4.98 Å². The van der Waals surface area contributed by atoms with Crippen LogP contribution in [0, 0.1) is 0 Å². The number of pyridine rings is 1. The molecule has 106 valence electrons. The van der Waals surface area contributed by atoms with Gasteiger partial charge in [0.1, 0.15) is 0 Å². The van der Waals surface area contributed by atoms with Gasteiger partial charge in [-0.05, 0) is 12.1 Å². The Kier molecular flexibility index (Phi) is 3.86. The first-order chi connectivity index (χ1) is 9.46. The van der Waals surface area contributed by atoms with E-state index in [0.717, 1.165) is 9.69 Å². The summed E-state index contributed by atoms with van der Waals surface area (Å²) in [5.74, 6) is -0.182. The number of benzene rings is 1. The standard InChI is InChI=1S/C12H14N4O3S/c1-16(8-12(13)15-17)20(18,19)11-4-2-3-9-7-14-6-5-10(9)11/h2-7,17H,8H2,1H3,(H2,13,15). The lowest BCUT2D eigenvalue weighted by Crippen LogP contribution is -2.35. The predicted octanol–water partition coefficient (Wildman–Crippen LogP) is 0.602. The first-order valence-corrected chi connectivity index (χ1v) is 7.16. The highest BCUT2D eigenvalue weighted by molar-refractivity contribution is 7.89. The van der Waals surface area contributed by atoms with Crippen LogP contribution < -0.4 is 5.73 Å². The third-order valence-corrected chi connectivity index (χ3v) is 4.70. The number of nitrogens with zero attached hydrogens (tertiary/aromatic N) is 3. The van der Waals surface area contributed by atoms with Crippen molar-refractivity contribution in [2.45, 2.75) is 4.90 Å². The number of oxime groups is 1. The fourth-order valence-corrected chi connectivity index (χ4v) is 3.18. The summed E-state index contributed by atoms with van der Waals surface area (Å²) in [6, 6.07) is 6.58. The molecule has 0 radical (unpaired) electrons. The van der Waals surface area contributed by atoms with Crippen molar-refractivity contribution in [2.75, 3.05) is 13.6 Å². The number of nitrogens with two attached hydrogens (primary N) is 1. The van der Waals surface area contributed by atoms with E-state index >= 15 is 0 Å². The van der Waals surface area contributed by atoms with Gasteiger partial charge in [-0.1, -0.05) is 17.3 Å². The molecule has 1 aromatic heterocycles. The minimum Gasteiger partial charge on any atom is -0.409 e. The lowest BCUT2D eigenvalue weighted by molar-refractivity contribution is 0.315. The van der Waals surface area contributed by atoms with Gasteiger partial charge in [-0.2, -0.15) is 4.31 Å². The molecule has 0 aliphatic rings. The maximum Gasteiger partial charge on any atom is 0.243 e. The van der Waals surface area contributed by atoms with Gasteiger partial charge in [0.2, 0.25) is 10.0 Å². The Labute approximate surface area is 116 Å². The van der Waals surface area contributed by atoms with E-state index < -0.39 is 10.0 Å². The molecule has 1 heterocycles. The molecule has 0 spiro atoms. The van der Waals surface area contributed by atoms with E-state index in [-0.39, 0.29) is 17.3 Å². The third kappa shape index (κ3) is 2.56. The fourth-order valence-electron chi connectivity index (χ4n) is 1.83. The second-order valence-electron chi connectivity index (χ2n) is 4.21. The molecule has 0 fully saturated rings. The van der Waals surface area contributed by atoms with E-state index in [9.17, 15) is 8.42 Å². The zero-order valence-corrected chi connectivity index (χ0v) is 11.6. The fraction of sp³-hybridized carbons (Fsp3) is 0.167. The Bertz CT molecular complexity index is 753. The van der Waals surface area contributed by atoms with Crippen molar-refractivity contribution in [1.82, 2.24) is 9.29 Å². The molecule has 0 bridgehead atoms. The van der Waals surface area contributed by atoms with Crippen LogP contribution >= 0.6 is 0 Å². The zero-order chi connectivity index (χ0) is 14.8. The van der Waals surface area contributed by atoms with Crippen molar-refractivity contribution in [1.29, 1.82) is 0 Å². The summed E-state index contributed by atoms with van der Waals surface area (Å²) in [6.45, 7) is -0.194. The molecule has 0 unspecified atom stereocenters. The van der Waals surface area contributed by atoms with Crippen LogP contribution in [0.4, 0.5) is 0 Å². The molecular weight excluding hydrogens is 280 g/mol. The number of fused-ring (bicyclic) bond motifs is 1. The quantitative estimate of drug-likeness (QED) is 0.371. The van der Waals surface area contributed by atoms with Gasteiger partial charge in [0.05, 0.1) is 11.4 Å². The first kappa shape index (κ1) is 14.2. The van der Waals surface area contributed by atoms with Gasteiger partial charge in [0.25, 0.3) is 0 Å². The lowest BCUT2D eigenvalue weighted by atomic mass is 10.2. The predicted molar refractivity (Wildman–Crippen MR) is 75.0 cm³/mol. The summed E-state index contributed by atoms with van der Waals surface area (Å²) in [4.78, 5) is 4.12. The topological polar surface area (TPSA) is 109 Å². The maximum atomic E-state index is 12.5. The van der Waals surface area contributed by atoms with Gasteiger partial charge in [0, 0.05) is 30.2 Å². The normalized spacial score (nSPS) is 13.0. The Morgan fingerprint density at radius 3 is 2.90 bits per heavy atom. The van der Waals surface area contributed by atoms with E-state index in [2.05, 4.69) is 10.1 Å². The minimum atomic E-state index is -3.74. The number of rotatable bonds is 4. The molecule has 0 saturated carbocycles. The van der Waals surface area contributed by atoms with Crippen LogP contribution in [0.5, 0.6) is 0 Å². The molecule has 0 atom stereocenters. The van der Waals surface area contributed by atoms with Crippen molar-refractivity contribution < 1.29 is 13.6 Å². The SMILES string of the molecule is CN(CC(N)=NO)S(=O)(=O)c1cccc2cnccc12. The second-order valence-corrected chi connectivity index (χ2v) is 6.22. The summed E-state index contributed by atoms with van der Waals surface area (Å²) in [7, 11) is -2.37. The first-order valence-electron chi connectivity index (χ1n) is 5.72. The average Bonchev–Trinajstić information content (AvgIpc) is 2.46. The number of likely N-dealkylation sites (N-methyl/N-ethyl adjacent to an activating group) is 1. The molecule has 2 rings (SSSR count). The van der Waals surface area contributed by atoms with Crippen molar-refractivity contribution in [3.8, 4) is 0 Å². The van der Waals surface area contributed by atoms with E-state index in [0.29, 0.717) is 5.39 Å². The van der Waals surface area contributed by atoms with Gasteiger partial charge < -0.3 is 10.9 Å². The monoisotopic (exact) mass is 294 g/mol. The van der Waals surface area contributed by atoms with Crippen LogP contribution in [0.2, 0.25) is 0 Å². The molecule has 0 amide bonds. The van der Waals surface area contributed by atoms with Gasteiger partial charge in [-0.25, -0.2) is 8.42 Å². The summed E-state index contributed by atoms with van der Waals surface area (Å²) >= 11 is 0. The van der Waals surface area contributed by atoms with Crippen LogP contribution in [0.3, 0.4) is 0 Å². The largest absolute Gasteiger partial charge is 0.409 e. The van der Waals surface area contributed by atoms with E-state index in [1.165, 1.54) is 19.3 Å². The van der Waals surface area contributed by atoms with E-state index in [4.69, 9.17) is 10.9 Å². The number of hydrogen-bond acceptors (Lipinski definition) is 5. The second kappa shape index (κ2) is 5.43. The summed E-state index contributed by atoms with van der Waals surface area (Å²) in [5.41, 5.74) is 5.35. The Balaban J connectivity index is 2.52. The van der Waals surface area contributed by atoms with Crippen LogP contribution in [0.25, 0.3) is 10.8 Å². The molecule has 2 aromatic rings. The van der Waals surface area contributed by atoms with Crippen LogP contribution in [0.15, 0.2) is 46.7 Å². The molecule has 7 nitrogen and oxygen atoms in total. The Hall–Kier alpha value is -2.19. The van der Waals surface area contributed by atoms with Gasteiger partial charge in [0.15, 0.2) is 5.84 Å². The maximum absolute atomic E-state index is 12.5. The van der Waals surface area contributed by atoms with E-state index in [1.807, 2.05) is 0 Å². The van der Waals surface area contributed by atoms with E-state index in [1.54, 1.807) is 24.4 Å². The molecule has 0 aliphatic heterocycles. The third-order valence-electron chi connectivity index (χ3n) is 2.84. The minimum absolute atomic E-state index is 0.158. The molecule has 0 saturated heterocycles. The molecule has 3 N–H and O–H groups in total. The molecule has 8 heteroatoms. The van der Waals surface area contributed by atoms with Crippen LogP contribution in [-0.4, -0.2) is 42.3 Å². The molecule has 0 aliphatic carbocycles. The number of aromatic nitrogens is 1. The van der Waals surface area contributed by atoms with Crippen molar-refractivity contribution >= 4 is 26.6 Å². The number of sulfonamides is 1. The summed E-state index contributed by atoms with van der Waals surface area (Å²) in [6.07, 6.45) is 3.13.